The number of alkyl halides is 2. The van der Waals surface area contributed by atoms with Crippen LogP contribution in [-0.2, 0) is 4.79 Å². The van der Waals surface area contributed by atoms with Crippen molar-refractivity contribution in [3.05, 3.63) is 78.6 Å². The first-order valence-electron chi connectivity index (χ1n) is 11.5. The number of hydrazine groups is 1. The minimum Gasteiger partial charge on any atom is -0.484 e. The van der Waals surface area contributed by atoms with Gasteiger partial charge in [-0.3, -0.25) is 4.79 Å². The third-order valence-electron chi connectivity index (χ3n) is 5.81. The lowest BCUT2D eigenvalue weighted by molar-refractivity contribution is -0.145. The van der Waals surface area contributed by atoms with Gasteiger partial charge in [0.05, 0.1) is 29.6 Å². The van der Waals surface area contributed by atoms with Crippen LogP contribution < -0.4 is 21.3 Å². The van der Waals surface area contributed by atoms with Crippen LogP contribution in [0.4, 0.5) is 14.6 Å². The van der Waals surface area contributed by atoms with E-state index in [4.69, 9.17) is 10.6 Å². The van der Waals surface area contributed by atoms with Gasteiger partial charge in [-0.2, -0.15) is 13.9 Å². The highest BCUT2D eigenvalue weighted by atomic mass is 19.3. The third kappa shape index (κ3) is 5.44. The van der Waals surface area contributed by atoms with E-state index in [0.717, 1.165) is 22.2 Å². The normalized spacial score (nSPS) is 13.4. The molecule has 0 radical (unpaired) electrons. The molecule has 8 nitrogen and oxygen atoms in total. The number of aromatic nitrogens is 3. The molecule has 0 saturated heterocycles. The number of nitrogens with zero attached hydrogens (tertiary/aromatic N) is 3. The van der Waals surface area contributed by atoms with Crippen LogP contribution in [0.5, 0.6) is 5.75 Å². The van der Waals surface area contributed by atoms with Crippen molar-refractivity contribution in [2.45, 2.75) is 38.8 Å². The second kappa shape index (κ2) is 10.3. The molecule has 2 aromatic carbocycles. The topological polar surface area (TPSA) is 107 Å². The van der Waals surface area contributed by atoms with Crippen molar-refractivity contribution in [2.24, 2.45) is 11.8 Å². The number of amides is 1. The van der Waals surface area contributed by atoms with Gasteiger partial charge in [0.2, 0.25) is 0 Å². The lowest BCUT2D eigenvalue weighted by Gasteiger charge is -2.32. The number of carbonyl (C=O) groups is 1. The van der Waals surface area contributed by atoms with Gasteiger partial charge in [0.15, 0.2) is 0 Å². The number of anilines is 1. The number of rotatable bonds is 9. The molecule has 0 saturated carbocycles. The van der Waals surface area contributed by atoms with Crippen molar-refractivity contribution in [3.8, 4) is 11.4 Å². The average molecular weight is 495 g/mol. The number of ether oxygens (including phenoxy) is 1. The predicted octanol–water partition coefficient (Wildman–Crippen LogP) is 4.62. The Balaban J connectivity index is 1.66. The standard InChI is InChI=1S/C26H28F2N6O2/c1-16(2)23(32-25(35)26(3,27)28)24(17-7-5-4-6-8-17)36-20-10-11-21-18(13-20)14-31-34(21)19-9-12-22(33-29)30-15-19/h4-16,23-24H,29H2,1-3H3,(H,30,33)(H,32,35)/t23-,24+/m0/s1. The predicted molar refractivity (Wildman–Crippen MR) is 134 cm³/mol. The van der Waals surface area contributed by atoms with Gasteiger partial charge in [0.1, 0.15) is 17.7 Å². The second-order valence-electron chi connectivity index (χ2n) is 8.90. The number of halogens is 2. The van der Waals surface area contributed by atoms with Crippen molar-refractivity contribution in [2.75, 3.05) is 5.43 Å². The third-order valence-corrected chi connectivity index (χ3v) is 5.81. The molecule has 4 aromatic rings. The zero-order chi connectivity index (χ0) is 25.9. The molecular weight excluding hydrogens is 466 g/mol. The minimum absolute atomic E-state index is 0.188. The van der Waals surface area contributed by atoms with Crippen LogP contribution in [0.2, 0.25) is 0 Å². The van der Waals surface area contributed by atoms with Crippen molar-refractivity contribution < 1.29 is 18.3 Å². The maximum Gasteiger partial charge on any atom is 0.321 e. The fraction of sp³-hybridized carbons (Fsp3) is 0.269. The smallest absolute Gasteiger partial charge is 0.321 e. The minimum atomic E-state index is -3.50. The number of hydrogen-bond acceptors (Lipinski definition) is 6. The Hall–Kier alpha value is -4.05. The summed E-state index contributed by atoms with van der Waals surface area (Å²) in [5.41, 5.74) is 4.82. The highest BCUT2D eigenvalue weighted by Crippen LogP contribution is 2.31. The van der Waals surface area contributed by atoms with E-state index in [1.807, 2.05) is 62.4 Å². The van der Waals surface area contributed by atoms with Crippen molar-refractivity contribution >= 4 is 22.6 Å². The Kier molecular flexibility index (Phi) is 7.16. The summed E-state index contributed by atoms with van der Waals surface area (Å²) < 4.78 is 35.5. The Morgan fingerprint density at radius 1 is 1.08 bits per heavy atom. The summed E-state index contributed by atoms with van der Waals surface area (Å²) in [5.74, 6) is 1.40. The van der Waals surface area contributed by atoms with Gasteiger partial charge in [-0.25, -0.2) is 15.5 Å². The maximum atomic E-state index is 13.7. The van der Waals surface area contributed by atoms with Gasteiger partial charge in [-0.05, 0) is 41.8 Å². The number of pyridine rings is 1. The Morgan fingerprint density at radius 2 is 1.83 bits per heavy atom. The molecule has 4 N–H and O–H groups in total. The van der Waals surface area contributed by atoms with E-state index in [1.54, 1.807) is 29.2 Å². The van der Waals surface area contributed by atoms with E-state index in [-0.39, 0.29) is 5.92 Å². The molecule has 0 fully saturated rings. The van der Waals surface area contributed by atoms with Crippen LogP contribution in [-0.4, -0.2) is 32.6 Å². The summed E-state index contributed by atoms with van der Waals surface area (Å²) in [6.07, 6.45) is 2.65. The van der Waals surface area contributed by atoms with Crippen LogP contribution in [0.1, 0.15) is 32.4 Å². The lowest BCUT2D eigenvalue weighted by Crippen LogP contribution is -2.49. The first-order valence-corrected chi connectivity index (χ1v) is 11.5. The highest BCUT2D eigenvalue weighted by Gasteiger charge is 2.37. The van der Waals surface area contributed by atoms with Crippen molar-refractivity contribution in [1.29, 1.82) is 0 Å². The molecule has 0 unspecified atom stereocenters. The monoisotopic (exact) mass is 494 g/mol. The number of fused-ring (bicyclic) bond motifs is 1. The molecule has 2 atom stereocenters. The van der Waals surface area contributed by atoms with Gasteiger partial charge in [0, 0.05) is 12.3 Å². The van der Waals surface area contributed by atoms with E-state index in [0.29, 0.717) is 18.5 Å². The summed E-state index contributed by atoms with van der Waals surface area (Å²) in [6, 6.07) is 17.6. The molecule has 0 bridgehead atoms. The van der Waals surface area contributed by atoms with Gasteiger partial charge < -0.3 is 15.5 Å². The van der Waals surface area contributed by atoms with E-state index in [9.17, 15) is 13.6 Å². The molecule has 4 rings (SSSR count). The van der Waals surface area contributed by atoms with E-state index < -0.39 is 24.0 Å². The molecule has 0 aliphatic heterocycles. The number of nitrogens with one attached hydrogen (secondary N) is 2. The van der Waals surface area contributed by atoms with E-state index in [2.05, 4.69) is 20.8 Å². The van der Waals surface area contributed by atoms with Gasteiger partial charge >= 0.3 is 5.92 Å². The summed E-state index contributed by atoms with van der Waals surface area (Å²) in [5, 5.41) is 7.77. The van der Waals surface area contributed by atoms with Gasteiger partial charge in [0.25, 0.3) is 5.91 Å². The fourth-order valence-electron chi connectivity index (χ4n) is 3.89. The molecule has 10 heteroatoms. The Morgan fingerprint density at radius 3 is 2.44 bits per heavy atom. The zero-order valence-corrected chi connectivity index (χ0v) is 20.2. The quantitative estimate of drug-likeness (QED) is 0.232. The van der Waals surface area contributed by atoms with Crippen molar-refractivity contribution in [3.63, 3.8) is 0 Å². The summed E-state index contributed by atoms with van der Waals surface area (Å²) in [7, 11) is 0. The van der Waals surface area contributed by atoms with Crippen molar-refractivity contribution in [1.82, 2.24) is 20.1 Å². The largest absolute Gasteiger partial charge is 0.484 e. The molecule has 0 aliphatic rings. The second-order valence-corrected chi connectivity index (χ2v) is 8.90. The fourth-order valence-corrected chi connectivity index (χ4v) is 3.89. The van der Waals surface area contributed by atoms with Gasteiger partial charge in [-0.15, -0.1) is 0 Å². The number of carbonyl (C=O) groups excluding carboxylic acids is 1. The van der Waals surface area contributed by atoms with Gasteiger partial charge in [-0.1, -0.05) is 44.2 Å². The Bertz CT molecular complexity index is 1320. The zero-order valence-electron chi connectivity index (χ0n) is 20.2. The number of hydrogen-bond donors (Lipinski definition) is 3. The highest BCUT2D eigenvalue weighted by molar-refractivity contribution is 5.83. The molecule has 188 valence electrons. The summed E-state index contributed by atoms with van der Waals surface area (Å²) in [4.78, 5) is 16.4. The number of nitrogens with two attached hydrogens (primary N) is 1. The van der Waals surface area contributed by atoms with Crippen LogP contribution in [0.25, 0.3) is 16.6 Å². The molecule has 0 aliphatic carbocycles. The molecule has 2 heterocycles. The summed E-state index contributed by atoms with van der Waals surface area (Å²) >= 11 is 0. The van der Waals surface area contributed by atoms with Crippen LogP contribution in [0, 0.1) is 5.92 Å². The van der Waals surface area contributed by atoms with Crippen LogP contribution in [0.15, 0.2) is 73.1 Å². The molecule has 36 heavy (non-hydrogen) atoms. The molecule has 1 amide bonds. The molecule has 0 spiro atoms. The van der Waals surface area contributed by atoms with E-state index >= 15 is 0 Å². The number of benzene rings is 2. The first kappa shape index (κ1) is 25.1. The molecular formula is C26H28F2N6O2. The molecule has 2 aromatic heterocycles. The van der Waals surface area contributed by atoms with Crippen LogP contribution in [0.3, 0.4) is 0 Å². The SMILES string of the molecule is CC(C)[C@H](NC(=O)C(C)(F)F)[C@H](Oc1ccc2c(cnn2-c2ccc(NN)nc2)c1)c1ccccc1. The Labute approximate surface area is 207 Å². The average Bonchev–Trinajstić information content (AvgIpc) is 3.29. The maximum absolute atomic E-state index is 13.7. The first-order chi connectivity index (χ1) is 17.2. The number of nitrogen functional groups attached to an aromatic ring is 1. The summed E-state index contributed by atoms with van der Waals surface area (Å²) in [6.45, 7) is 4.29. The van der Waals surface area contributed by atoms with E-state index in [1.165, 1.54) is 0 Å². The van der Waals surface area contributed by atoms with Crippen LogP contribution >= 0.6 is 0 Å². The lowest BCUT2D eigenvalue weighted by atomic mass is 9.92.